The van der Waals surface area contributed by atoms with Crippen LogP contribution in [0.15, 0.2) is 35.4 Å². The maximum atomic E-state index is 12.0. The van der Waals surface area contributed by atoms with Gasteiger partial charge in [0.2, 0.25) is 10.8 Å². The van der Waals surface area contributed by atoms with Crippen LogP contribution in [0.4, 0.5) is 10.6 Å². The zero-order valence-corrected chi connectivity index (χ0v) is 17.3. The number of nitrogen functional groups attached to an aromatic ring is 1. The maximum Gasteiger partial charge on any atom is 0.508 e. The molecule has 0 bridgehead atoms. The largest absolute Gasteiger partial charge is 0.508 e. The summed E-state index contributed by atoms with van der Waals surface area (Å²) >= 11 is 5.91. The molecule has 11 nitrogen and oxygen atoms in total. The van der Waals surface area contributed by atoms with E-state index in [1.165, 1.54) is 12.3 Å². The predicted octanol–water partition coefficient (Wildman–Crippen LogP) is 1.36. The Kier molecular flexibility index (Phi) is 5.75. The van der Waals surface area contributed by atoms with E-state index in [0.29, 0.717) is 16.6 Å². The van der Waals surface area contributed by atoms with Crippen molar-refractivity contribution in [2.75, 3.05) is 12.3 Å². The number of aromatic nitrogens is 4. The summed E-state index contributed by atoms with van der Waals surface area (Å²) < 4.78 is 17.6. The maximum absolute atomic E-state index is 12.0. The van der Waals surface area contributed by atoms with Gasteiger partial charge in [0.15, 0.2) is 5.60 Å². The summed E-state index contributed by atoms with van der Waals surface area (Å²) in [5.41, 5.74) is 4.83. The lowest BCUT2D eigenvalue weighted by molar-refractivity contribution is -0.0983. The highest BCUT2D eigenvalue weighted by Gasteiger charge is 2.49. The predicted molar refractivity (Wildman–Crippen MR) is 112 cm³/mol. The van der Waals surface area contributed by atoms with Gasteiger partial charge in [-0.1, -0.05) is 5.92 Å². The van der Waals surface area contributed by atoms with Gasteiger partial charge in [-0.3, -0.25) is 4.79 Å². The molecule has 3 aromatic rings. The van der Waals surface area contributed by atoms with Crippen LogP contribution in [0.5, 0.6) is 0 Å². The summed E-state index contributed by atoms with van der Waals surface area (Å²) in [4.78, 5) is 33.8. The van der Waals surface area contributed by atoms with Gasteiger partial charge in [-0.15, -0.1) is 6.42 Å². The molecule has 166 valence electrons. The van der Waals surface area contributed by atoms with Crippen molar-refractivity contribution >= 4 is 34.6 Å². The summed E-state index contributed by atoms with van der Waals surface area (Å²) in [6.45, 7) is -0.623. The van der Waals surface area contributed by atoms with Crippen molar-refractivity contribution in [2.45, 2.75) is 31.0 Å². The molecule has 1 fully saturated rings. The van der Waals surface area contributed by atoms with Crippen LogP contribution in [0.3, 0.4) is 0 Å². The van der Waals surface area contributed by atoms with E-state index in [1.54, 1.807) is 22.9 Å². The Morgan fingerprint density at radius 1 is 1.47 bits per heavy atom. The molecule has 0 spiro atoms. The Bertz CT molecular complexity index is 1270. The van der Waals surface area contributed by atoms with E-state index in [-0.39, 0.29) is 29.7 Å². The number of carbonyl (C=O) groups is 1. The molecular formula is C20H18ClN5O6. The molecule has 0 saturated carbocycles. The molecule has 3 aromatic heterocycles. The van der Waals surface area contributed by atoms with Crippen molar-refractivity contribution in [3.63, 3.8) is 0 Å². The van der Waals surface area contributed by atoms with Crippen molar-refractivity contribution in [2.24, 2.45) is 0 Å². The number of hydrogen-bond acceptors (Lipinski definition) is 9. The SMILES string of the molecule is C#C[C@]1(COC(=O)OCc2cc[nH]c(=O)c2)O[C@@H](n2ccc3c(N)nc(Cl)nc32)C[C@@H]1O. The van der Waals surface area contributed by atoms with Gasteiger partial charge in [-0.25, -0.2) is 9.78 Å². The molecule has 0 aromatic carbocycles. The number of carbonyl (C=O) groups excluding carboxylic acids is 1. The number of aliphatic hydroxyl groups excluding tert-OH is 1. The Morgan fingerprint density at radius 2 is 2.28 bits per heavy atom. The second kappa shape index (κ2) is 8.51. The Balaban J connectivity index is 1.44. The summed E-state index contributed by atoms with van der Waals surface area (Å²) in [6, 6.07) is 4.56. The second-order valence-corrected chi connectivity index (χ2v) is 7.42. The number of aliphatic hydroxyl groups is 1. The Morgan fingerprint density at radius 3 is 3.03 bits per heavy atom. The fourth-order valence-electron chi connectivity index (χ4n) is 3.41. The Hall–Kier alpha value is -3.59. The number of nitrogens with zero attached hydrogens (tertiary/aromatic N) is 3. The van der Waals surface area contributed by atoms with Crippen LogP contribution in [0.2, 0.25) is 5.28 Å². The van der Waals surface area contributed by atoms with Crippen molar-refractivity contribution in [1.29, 1.82) is 0 Å². The highest BCUT2D eigenvalue weighted by molar-refractivity contribution is 6.28. The normalized spacial score (nSPS) is 22.5. The van der Waals surface area contributed by atoms with Gasteiger partial charge < -0.3 is 34.6 Å². The molecule has 32 heavy (non-hydrogen) atoms. The number of ether oxygens (including phenoxy) is 3. The fourth-order valence-corrected chi connectivity index (χ4v) is 3.58. The van der Waals surface area contributed by atoms with Crippen LogP contribution >= 0.6 is 11.6 Å². The lowest BCUT2D eigenvalue weighted by Gasteiger charge is -2.26. The van der Waals surface area contributed by atoms with Gasteiger partial charge in [-0.2, -0.15) is 4.98 Å². The highest BCUT2D eigenvalue weighted by atomic mass is 35.5. The van der Waals surface area contributed by atoms with Crippen LogP contribution < -0.4 is 11.3 Å². The van der Waals surface area contributed by atoms with Crippen molar-refractivity contribution in [1.82, 2.24) is 19.5 Å². The fraction of sp³-hybridized carbons (Fsp3) is 0.300. The first-order chi connectivity index (χ1) is 15.3. The first-order valence-electron chi connectivity index (χ1n) is 9.41. The number of nitrogens with two attached hydrogens (primary N) is 1. The third kappa shape index (κ3) is 4.11. The van der Waals surface area contributed by atoms with Gasteiger partial charge in [0.1, 0.15) is 37.0 Å². The number of fused-ring (bicyclic) bond motifs is 1. The highest BCUT2D eigenvalue weighted by Crippen LogP contribution is 2.39. The van der Waals surface area contributed by atoms with Crippen molar-refractivity contribution in [3.05, 3.63) is 51.8 Å². The number of halogens is 1. The second-order valence-electron chi connectivity index (χ2n) is 7.08. The minimum absolute atomic E-state index is 0.0387. The zero-order valence-electron chi connectivity index (χ0n) is 16.5. The van der Waals surface area contributed by atoms with Gasteiger partial charge in [0.25, 0.3) is 0 Å². The molecule has 4 N–H and O–H groups in total. The van der Waals surface area contributed by atoms with Gasteiger partial charge in [-0.05, 0) is 29.3 Å². The number of aromatic amines is 1. The number of pyridine rings is 1. The third-order valence-corrected chi connectivity index (χ3v) is 5.21. The van der Waals surface area contributed by atoms with Crippen LogP contribution in [0.1, 0.15) is 18.2 Å². The molecule has 1 aliphatic rings. The van der Waals surface area contributed by atoms with E-state index in [0.717, 1.165) is 0 Å². The van der Waals surface area contributed by atoms with E-state index in [1.807, 2.05) is 0 Å². The van der Waals surface area contributed by atoms with Crippen LogP contribution in [-0.4, -0.2) is 49.1 Å². The number of rotatable bonds is 5. The van der Waals surface area contributed by atoms with Gasteiger partial charge in [0.05, 0.1) is 5.39 Å². The van der Waals surface area contributed by atoms with Crippen LogP contribution in [-0.2, 0) is 20.8 Å². The standard InChI is InChI=1S/C20H18ClN5O6/c1-2-20(10-31-19(29)30-9-11-3-5-23-14(28)7-11)13(27)8-15(32-20)26-6-4-12-16(22)24-18(21)25-17(12)26/h1,3-7,13,15,27H,8-10H2,(H,23,28)(H2,22,24,25)/t13-,15+,20+/m0/s1. The number of anilines is 1. The van der Waals surface area contributed by atoms with Crippen LogP contribution in [0.25, 0.3) is 11.0 Å². The van der Waals surface area contributed by atoms with Gasteiger partial charge >= 0.3 is 6.16 Å². The monoisotopic (exact) mass is 459 g/mol. The number of nitrogens with one attached hydrogen (secondary N) is 1. The summed E-state index contributed by atoms with van der Waals surface area (Å²) in [7, 11) is 0. The first-order valence-corrected chi connectivity index (χ1v) is 9.79. The average Bonchev–Trinajstić information content (AvgIpc) is 3.32. The third-order valence-electron chi connectivity index (χ3n) is 5.04. The minimum atomic E-state index is -1.60. The van der Waals surface area contributed by atoms with E-state index < -0.39 is 30.7 Å². The molecule has 3 atom stereocenters. The first kappa shape index (κ1) is 21.6. The van der Waals surface area contributed by atoms with Gasteiger partial charge in [0, 0.05) is 24.9 Å². The van der Waals surface area contributed by atoms with Crippen LogP contribution in [0, 0.1) is 12.3 Å². The number of H-pyrrole nitrogens is 1. The molecule has 4 heterocycles. The smallest absolute Gasteiger partial charge is 0.430 e. The van der Waals surface area contributed by atoms with E-state index in [9.17, 15) is 14.7 Å². The lowest BCUT2D eigenvalue weighted by atomic mass is 9.99. The molecule has 1 aliphatic heterocycles. The summed E-state index contributed by atoms with van der Waals surface area (Å²) in [6.07, 6.45) is 5.91. The van der Waals surface area contributed by atoms with E-state index >= 15 is 0 Å². The molecule has 12 heteroatoms. The van der Waals surface area contributed by atoms with E-state index in [4.69, 9.17) is 38.0 Å². The molecule has 0 unspecified atom stereocenters. The molecule has 0 aliphatic carbocycles. The van der Waals surface area contributed by atoms with E-state index in [2.05, 4.69) is 20.9 Å². The molecule has 4 rings (SSSR count). The molecule has 1 saturated heterocycles. The van der Waals surface area contributed by atoms with Crippen molar-refractivity contribution in [3.8, 4) is 12.3 Å². The van der Waals surface area contributed by atoms with Crippen molar-refractivity contribution < 1.29 is 24.1 Å². The molecule has 0 amide bonds. The topological polar surface area (TPSA) is 155 Å². The lowest BCUT2D eigenvalue weighted by Crippen LogP contribution is -2.43. The summed E-state index contributed by atoms with van der Waals surface area (Å²) in [5, 5.41) is 11.1. The average molecular weight is 460 g/mol. The Labute approximate surface area is 186 Å². The number of terminal acetylenes is 1. The minimum Gasteiger partial charge on any atom is -0.430 e. The summed E-state index contributed by atoms with van der Waals surface area (Å²) in [5.74, 6) is 2.58. The molecule has 0 radical (unpaired) electrons. The molecular weight excluding hydrogens is 442 g/mol. The zero-order chi connectivity index (χ0) is 22.9. The quantitative estimate of drug-likeness (QED) is 0.291. The number of hydrogen-bond donors (Lipinski definition) is 3.